The summed E-state index contributed by atoms with van der Waals surface area (Å²) in [5.41, 5.74) is 5.25. The maximum atomic E-state index is 12.8. The number of carbonyl (C=O) groups is 3. The van der Waals surface area contributed by atoms with Crippen LogP contribution in [0.4, 0.5) is 9.18 Å². The summed E-state index contributed by atoms with van der Waals surface area (Å²) in [7, 11) is 0. The van der Waals surface area contributed by atoms with Gasteiger partial charge in [-0.3, -0.25) is 20.4 Å². The van der Waals surface area contributed by atoms with Gasteiger partial charge in [-0.1, -0.05) is 44.2 Å². The van der Waals surface area contributed by atoms with Crippen LogP contribution < -0.4 is 20.9 Å². The second kappa shape index (κ2) is 11.4. The van der Waals surface area contributed by atoms with E-state index in [1.54, 1.807) is 13.8 Å². The average molecular weight is 417 g/mol. The van der Waals surface area contributed by atoms with Crippen molar-refractivity contribution in [2.75, 3.05) is 6.61 Å². The van der Waals surface area contributed by atoms with Crippen LogP contribution >= 0.6 is 0 Å². The third-order valence-electron chi connectivity index (χ3n) is 3.94. The summed E-state index contributed by atoms with van der Waals surface area (Å²) < 4.78 is 23.1. The zero-order valence-electron chi connectivity index (χ0n) is 16.7. The van der Waals surface area contributed by atoms with Gasteiger partial charge in [-0.15, -0.1) is 0 Å². The van der Waals surface area contributed by atoms with Crippen molar-refractivity contribution in [1.82, 2.24) is 16.2 Å². The molecule has 3 amide bonds. The fourth-order valence-corrected chi connectivity index (χ4v) is 2.35. The van der Waals surface area contributed by atoms with Crippen LogP contribution in [-0.2, 0) is 20.9 Å². The maximum absolute atomic E-state index is 12.8. The Bertz CT molecular complexity index is 843. The van der Waals surface area contributed by atoms with Crippen molar-refractivity contribution in [3.05, 3.63) is 66.0 Å². The van der Waals surface area contributed by atoms with Crippen LogP contribution in [0.25, 0.3) is 0 Å². The van der Waals surface area contributed by atoms with Crippen LogP contribution in [0.1, 0.15) is 19.4 Å². The fraction of sp³-hybridized carbons (Fsp3) is 0.286. The van der Waals surface area contributed by atoms with E-state index >= 15 is 0 Å². The van der Waals surface area contributed by atoms with E-state index in [1.165, 1.54) is 24.3 Å². The first-order valence-electron chi connectivity index (χ1n) is 9.29. The number of amides is 3. The molecule has 9 heteroatoms. The normalized spacial score (nSPS) is 11.3. The van der Waals surface area contributed by atoms with Crippen molar-refractivity contribution in [2.24, 2.45) is 5.92 Å². The van der Waals surface area contributed by atoms with E-state index in [2.05, 4.69) is 16.2 Å². The van der Waals surface area contributed by atoms with Crippen LogP contribution in [0.3, 0.4) is 0 Å². The van der Waals surface area contributed by atoms with Gasteiger partial charge in [0, 0.05) is 0 Å². The largest absolute Gasteiger partial charge is 0.484 e. The van der Waals surface area contributed by atoms with Crippen molar-refractivity contribution in [3.63, 3.8) is 0 Å². The molecular formula is C21H24FN3O5. The Hall–Kier alpha value is -3.62. The van der Waals surface area contributed by atoms with Crippen molar-refractivity contribution < 1.29 is 28.2 Å². The molecule has 0 aliphatic rings. The number of carbonyl (C=O) groups excluding carboxylic acids is 3. The summed E-state index contributed by atoms with van der Waals surface area (Å²) in [6.45, 7) is 3.16. The number of halogens is 1. The summed E-state index contributed by atoms with van der Waals surface area (Å²) >= 11 is 0. The minimum Gasteiger partial charge on any atom is -0.484 e. The quantitative estimate of drug-likeness (QED) is 0.572. The van der Waals surface area contributed by atoms with E-state index in [0.717, 1.165) is 5.56 Å². The van der Waals surface area contributed by atoms with Gasteiger partial charge in [-0.05, 0) is 35.7 Å². The topological polar surface area (TPSA) is 106 Å². The number of nitrogens with one attached hydrogen (secondary N) is 3. The van der Waals surface area contributed by atoms with Crippen LogP contribution in [0.5, 0.6) is 5.75 Å². The SMILES string of the molecule is CC(C)[C@H](NC(=O)OCc1ccccc1)C(=O)NNC(=O)COc1ccc(F)cc1. The highest BCUT2D eigenvalue weighted by atomic mass is 19.1. The molecule has 1 atom stereocenters. The molecule has 0 unspecified atom stereocenters. The van der Waals surface area contributed by atoms with Crippen molar-refractivity contribution in [1.29, 1.82) is 0 Å². The minimum atomic E-state index is -0.924. The molecular weight excluding hydrogens is 393 g/mol. The van der Waals surface area contributed by atoms with Gasteiger partial charge in [0.2, 0.25) is 0 Å². The molecule has 30 heavy (non-hydrogen) atoms. The van der Waals surface area contributed by atoms with Gasteiger partial charge in [0.25, 0.3) is 11.8 Å². The Morgan fingerprint density at radius 2 is 1.63 bits per heavy atom. The molecule has 0 radical (unpaired) electrons. The van der Waals surface area contributed by atoms with E-state index in [0.29, 0.717) is 5.75 Å². The van der Waals surface area contributed by atoms with Crippen molar-refractivity contribution in [3.8, 4) is 5.75 Å². The van der Waals surface area contributed by atoms with Crippen molar-refractivity contribution >= 4 is 17.9 Å². The number of ether oxygens (including phenoxy) is 2. The smallest absolute Gasteiger partial charge is 0.408 e. The zero-order valence-corrected chi connectivity index (χ0v) is 16.7. The van der Waals surface area contributed by atoms with E-state index < -0.39 is 29.8 Å². The molecule has 0 heterocycles. The molecule has 0 bridgehead atoms. The third-order valence-corrected chi connectivity index (χ3v) is 3.94. The lowest BCUT2D eigenvalue weighted by Crippen LogP contribution is -2.55. The van der Waals surface area contributed by atoms with Gasteiger partial charge >= 0.3 is 6.09 Å². The molecule has 0 aromatic heterocycles. The highest BCUT2D eigenvalue weighted by molar-refractivity contribution is 5.88. The fourth-order valence-electron chi connectivity index (χ4n) is 2.35. The first-order chi connectivity index (χ1) is 14.3. The molecule has 160 valence electrons. The number of hydrogen-bond acceptors (Lipinski definition) is 5. The predicted molar refractivity (Wildman–Crippen MR) is 107 cm³/mol. The van der Waals surface area contributed by atoms with Gasteiger partial charge in [-0.2, -0.15) is 0 Å². The maximum Gasteiger partial charge on any atom is 0.408 e. The first kappa shape index (κ1) is 22.7. The van der Waals surface area contributed by atoms with Crippen LogP contribution in [0.2, 0.25) is 0 Å². The average Bonchev–Trinajstić information content (AvgIpc) is 2.74. The molecule has 2 aromatic rings. The molecule has 0 saturated carbocycles. The molecule has 0 fully saturated rings. The van der Waals surface area contributed by atoms with Crippen molar-refractivity contribution in [2.45, 2.75) is 26.5 Å². The molecule has 3 N–H and O–H groups in total. The molecule has 0 aliphatic heterocycles. The summed E-state index contributed by atoms with van der Waals surface area (Å²) in [5.74, 6) is -1.62. The first-order valence-corrected chi connectivity index (χ1v) is 9.29. The standard InChI is InChI=1S/C21H24FN3O5/c1-14(2)19(23-21(28)30-12-15-6-4-3-5-7-15)20(27)25-24-18(26)13-29-17-10-8-16(22)9-11-17/h3-11,14,19H,12-13H2,1-2H3,(H,23,28)(H,24,26)(H,25,27)/t19-/m0/s1. The number of rotatable bonds is 8. The van der Waals surface area contributed by atoms with Gasteiger partial charge < -0.3 is 14.8 Å². The van der Waals surface area contributed by atoms with Gasteiger partial charge in [0.15, 0.2) is 6.61 Å². The molecule has 0 aliphatic carbocycles. The zero-order chi connectivity index (χ0) is 21.9. The van der Waals surface area contributed by atoms with Crippen LogP contribution in [0, 0.1) is 11.7 Å². The lowest BCUT2D eigenvalue weighted by atomic mass is 10.0. The molecule has 0 spiro atoms. The number of hydrazine groups is 1. The summed E-state index contributed by atoms with van der Waals surface area (Å²) in [4.78, 5) is 36.2. The Labute approximate surface area is 173 Å². The number of benzene rings is 2. The van der Waals surface area contributed by atoms with Crippen LogP contribution in [0.15, 0.2) is 54.6 Å². The van der Waals surface area contributed by atoms with Gasteiger partial charge in [0.1, 0.15) is 24.2 Å². The summed E-state index contributed by atoms with van der Waals surface area (Å²) in [5, 5.41) is 2.48. The second-order valence-corrected chi connectivity index (χ2v) is 6.71. The molecule has 0 saturated heterocycles. The van der Waals surface area contributed by atoms with E-state index in [1.807, 2.05) is 30.3 Å². The Balaban J connectivity index is 1.76. The molecule has 8 nitrogen and oxygen atoms in total. The second-order valence-electron chi connectivity index (χ2n) is 6.71. The summed E-state index contributed by atoms with van der Waals surface area (Å²) in [6, 6.07) is 13.3. The minimum absolute atomic E-state index is 0.0660. The van der Waals surface area contributed by atoms with E-state index in [4.69, 9.17) is 9.47 Å². The highest BCUT2D eigenvalue weighted by Gasteiger charge is 2.25. The molecule has 2 rings (SSSR count). The lowest BCUT2D eigenvalue weighted by molar-refractivity contribution is -0.131. The van der Waals surface area contributed by atoms with Gasteiger partial charge in [0.05, 0.1) is 0 Å². The van der Waals surface area contributed by atoms with Crippen LogP contribution in [-0.4, -0.2) is 30.6 Å². The predicted octanol–water partition coefficient (Wildman–Crippen LogP) is 2.30. The Morgan fingerprint density at radius 1 is 0.967 bits per heavy atom. The third kappa shape index (κ3) is 7.78. The summed E-state index contributed by atoms with van der Waals surface area (Å²) in [6.07, 6.45) is -0.751. The monoisotopic (exact) mass is 417 g/mol. The lowest BCUT2D eigenvalue weighted by Gasteiger charge is -2.21. The van der Waals surface area contributed by atoms with Gasteiger partial charge in [-0.25, -0.2) is 9.18 Å². The Kier molecular flexibility index (Phi) is 8.61. The number of alkyl carbamates (subject to hydrolysis) is 1. The van der Waals surface area contributed by atoms with E-state index in [-0.39, 0.29) is 19.1 Å². The number of hydrogen-bond donors (Lipinski definition) is 3. The molecule has 2 aromatic carbocycles. The van der Waals surface area contributed by atoms with E-state index in [9.17, 15) is 18.8 Å². The highest BCUT2D eigenvalue weighted by Crippen LogP contribution is 2.10. The Morgan fingerprint density at radius 3 is 2.27 bits per heavy atom.